The molecule has 2 rings (SSSR count). The average Bonchev–Trinajstić information content (AvgIpc) is 2.86. The van der Waals surface area contributed by atoms with E-state index in [0.29, 0.717) is 30.6 Å². The van der Waals surface area contributed by atoms with Crippen LogP contribution < -0.4 is 11.1 Å². The minimum Gasteiger partial charge on any atom is -0.480 e. The number of primary amides is 1. The van der Waals surface area contributed by atoms with Gasteiger partial charge in [0.05, 0.1) is 0 Å². The number of nitrogens with one attached hydrogen (secondary N) is 1. The fraction of sp³-hybridized carbons (Fsp3) is 0.308. The molecule has 0 saturated carbocycles. The molecule has 1 aliphatic heterocycles. The summed E-state index contributed by atoms with van der Waals surface area (Å²) in [6.07, 6.45) is 1.13. The minimum absolute atomic E-state index is 0.324. The van der Waals surface area contributed by atoms with Crippen LogP contribution in [-0.2, 0) is 4.79 Å². The molecule has 1 aliphatic rings. The predicted octanol–water partition coefficient (Wildman–Crippen LogP) is 0.866. The number of amides is 3. The largest absolute Gasteiger partial charge is 0.480 e. The second-order valence-electron chi connectivity index (χ2n) is 4.56. The number of carboxylic acid groups (broad SMARTS) is 1. The molecule has 3 amide bonds. The maximum atomic E-state index is 12.3. The summed E-state index contributed by atoms with van der Waals surface area (Å²) < 4.78 is 0. The molecule has 7 heteroatoms. The maximum Gasteiger partial charge on any atom is 0.326 e. The van der Waals surface area contributed by atoms with Gasteiger partial charge in [0.2, 0.25) is 0 Å². The lowest BCUT2D eigenvalue weighted by Crippen LogP contribution is -2.40. The predicted molar refractivity (Wildman–Crippen MR) is 71.3 cm³/mol. The summed E-state index contributed by atoms with van der Waals surface area (Å²) in [6.45, 7) is 0.420. The second-order valence-corrected chi connectivity index (χ2v) is 4.56. The van der Waals surface area contributed by atoms with Crippen LogP contribution in [0, 0.1) is 0 Å². The molecular formula is C13H15N3O4. The fourth-order valence-corrected chi connectivity index (χ4v) is 2.30. The van der Waals surface area contributed by atoms with Crippen molar-refractivity contribution in [3.63, 3.8) is 0 Å². The molecule has 0 unspecified atom stereocenters. The van der Waals surface area contributed by atoms with Crippen molar-refractivity contribution in [3.8, 4) is 0 Å². The van der Waals surface area contributed by atoms with Crippen LogP contribution in [0.3, 0.4) is 0 Å². The van der Waals surface area contributed by atoms with Gasteiger partial charge in [0, 0.05) is 17.8 Å². The van der Waals surface area contributed by atoms with Crippen molar-refractivity contribution in [2.45, 2.75) is 18.9 Å². The molecule has 4 N–H and O–H groups in total. The Morgan fingerprint density at radius 1 is 1.35 bits per heavy atom. The Bertz CT molecular complexity index is 558. The molecule has 1 aromatic carbocycles. The van der Waals surface area contributed by atoms with Gasteiger partial charge in [0.25, 0.3) is 5.91 Å². The van der Waals surface area contributed by atoms with Crippen molar-refractivity contribution in [2.24, 2.45) is 5.73 Å². The number of carboxylic acids is 1. The molecule has 20 heavy (non-hydrogen) atoms. The van der Waals surface area contributed by atoms with Crippen LogP contribution in [-0.4, -0.2) is 40.5 Å². The highest BCUT2D eigenvalue weighted by molar-refractivity contribution is 5.98. The first-order valence-electron chi connectivity index (χ1n) is 6.19. The molecule has 0 aliphatic carbocycles. The number of carbonyl (C=O) groups excluding carboxylic acids is 2. The molecule has 7 nitrogen and oxygen atoms in total. The summed E-state index contributed by atoms with van der Waals surface area (Å²) in [5, 5.41) is 11.5. The van der Waals surface area contributed by atoms with Crippen LogP contribution >= 0.6 is 0 Å². The molecule has 0 aromatic heterocycles. The van der Waals surface area contributed by atoms with Crippen LogP contribution in [0.15, 0.2) is 24.3 Å². The van der Waals surface area contributed by atoms with E-state index in [0.717, 1.165) is 0 Å². The summed E-state index contributed by atoms with van der Waals surface area (Å²) in [7, 11) is 0. The monoisotopic (exact) mass is 277 g/mol. The summed E-state index contributed by atoms with van der Waals surface area (Å²) >= 11 is 0. The van der Waals surface area contributed by atoms with Crippen molar-refractivity contribution in [1.82, 2.24) is 4.90 Å². The first kappa shape index (κ1) is 13.9. The number of hydrogen-bond acceptors (Lipinski definition) is 3. The van der Waals surface area contributed by atoms with Crippen molar-refractivity contribution in [2.75, 3.05) is 11.9 Å². The van der Waals surface area contributed by atoms with E-state index in [2.05, 4.69) is 5.32 Å². The average molecular weight is 277 g/mol. The van der Waals surface area contributed by atoms with E-state index >= 15 is 0 Å². The molecule has 0 radical (unpaired) electrons. The van der Waals surface area contributed by atoms with Crippen molar-refractivity contribution < 1.29 is 19.5 Å². The molecule has 1 saturated heterocycles. The van der Waals surface area contributed by atoms with Crippen LogP contribution in [0.2, 0.25) is 0 Å². The summed E-state index contributed by atoms with van der Waals surface area (Å²) in [5.74, 6) is -1.36. The van der Waals surface area contributed by atoms with Crippen LogP contribution in [0.4, 0.5) is 10.5 Å². The number of likely N-dealkylation sites (tertiary alicyclic amines) is 1. The number of anilines is 1. The Morgan fingerprint density at radius 2 is 2.10 bits per heavy atom. The molecule has 0 spiro atoms. The Labute approximate surface area is 115 Å². The Morgan fingerprint density at radius 3 is 2.75 bits per heavy atom. The standard InChI is InChI=1S/C13H15N3O4/c14-13(20)15-9-4-1-3-8(7-9)11(17)16-6-2-5-10(16)12(18)19/h1,3-4,7,10H,2,5-6H2,(H,18,19)(H3,14,15,20)/t10-/m0/s1. The minimum atomic E-state index is -0.998. The number of benzene rings is 1. The SMILES string of the molecule is NC(=O)Nc1cccc(C(=O)N2CCC[C@H]2C(=O)O)c1. The topological polar surface area (TPSA) is 113 Å². The van der Waals surface area contributed by atoms with Crippen LogP contribution in [0.5, 0.6) is 0 Å². The maximum absolute atomic E-state index is 12.3. The Balaban J connectivity index is 2.20. The lowest BCUT2D eigenvalue weighted by atomic mass is 10.1. The number of hydrogen-bond donors (Lipinski definition) is 3. The number of nitrogens with zero attached hydrogens (tertiary/aromatic N) is 1. The lowest BCUT2D eigenvalue weighted by molar-refractivity contribution is -0.141. The molecule has 1 atom stereocenters. The third-order valence-corrected chi connectivity index (χ3v) is 3.18. The smallest absolute Gasteiger partial charge is 0.326 e. The highest BCUT2D eigenvalue weighted by atomic mass is 16.4. The van der Waals surface area contributed by atoms with E-state index in [1.54, 1.807) is 18.2 Å². The highest BCUT2D eigenvalue weighted by Crippen LogP contribution is 2.21. The lowest BCUT2D eigenvalue weighted by Gasteiger charge is -2.21. The number of rotatable bonds is 3. The van der Waals surface area contributed by atoms with Gasteiger partial charge >= 0.3 is 12.0 Å². The van der Waals surface area contributed by atoms with Crippen LogP contribution in [0.25, 0.3) is 0 Å². The fourth-order valence-electron chi connectivity index (χ4n) is 2.30. The van der Waals surface area contributed by atoms with E-state index < -0.39 is 18.0 Å². The molecule has 1 fully saturated rings. The number of carbonyl (C=O) groups is 3. The summed E-state index contributed by atoms with van der Waals surface area (Å²) in [6, 6.07) is 4.75. The van der Waals surface area contributed by atoms with Gasteiger partial charge in [-0.2, -0.15) is 0 Å². The first-order chi connectivity index (χ1) is 9.49. The zero-order chi connectivity index (χ0) is 14.7. The van der Waals surface area contributed by atoms with Crippen molar-refractivity contribution in [1.29, 1.82) is 0 Å². The number of urea groups is 1. The van der Waals surface area contributed by atoms with E-state index in [-0.39, 0.29) is 5.91 Å². The van der Waals surface area contributed by atoms with Gasteiger partial charge in [-0.15, -0.1) is 0 Å². The third kappa shape index (κ3) is 2.87. The van der Waals surface area contributed by atoms with Crippen molar-refractivity contribution in [3.05, 3.63) is 29.8 Å². The van der Waals surface area contributed by atoms with E-state index in [1.807, 2.05) is 0 Å². The molecular weight excluding hydrogens is 262 g/mol. The molecule has 1 aromatic rings. The molecule has 0 bridgehead atoms. The second kappa shape index (κ2) is 5.60. The third-order valence-electron chi connectivity index (χ3n) is 3.18. The van der Waals surface area contributed by atoms with Crippen LogP contribution in [0.1, 0.15) is 23.2 Å². The van der Waals surface area contributed by atoms with Gasteiger partial charge in [-0.25, -0.2) is 9.59 Å². The Hall–Kier alpha value is -2.57. The normalized spacial score (nSPS) is 17.8. The van der Waals surface area contributed by atoms with Gasteiger partial charge < -0.3 is 21.1 Å². The summed E-state index contributed by atoms with van der Waals surface area (Å²) in [5.41, 5.74) is 5.73. The van der Waals surface area contributed by atoms with E-state index in [9.17, 15) is 14.4 Å². The molecule has 1 heterocycles. The van der Waals surface area contributed by atoms with E-state index in [4.69, 9.17) is 10.8 Å². The summed E-state index contributed by atoms with van der Waals surface area (Å²) in [4.78, 5) is 35.5. The van der Waals surface area contributed by atoms with Gasteiger partial charge in [-0.05, 0) is 31.0 Å². The first-order valence-corrected chi connectivity index (χ1v) is 6.19. The molecule has 106 valence electrons. The Kier molecular flexibility index (Phi) is 3.88. The van der Waals surface area contributed by atoms with Gasteiger partial charge in [-0.3, -0.25) is 4.79 Å². The number of aliphatic carboxylic acids is 1. The van der Waals surface area contributed by atoms with Crippen molar-refractivity contribution >= 4 is 23.6 Å². The zero-order valence-corrected chi connectivity index (χ0v) is 10.7. The quantitative estimate of drug-likeness (QED) is 0.760. The number of nitrogens with two attached hydrogens (primary N) is 1. The van der Waals surface area contributed by atoms with E-state index in [1.165, 1.54) is 11.0 Å². The zero-order valence-electron chi connectivity index (χ0n) is 10.7. The van der Waals surface area contributed by atoms with Gasteiger partial charge in [-0.1, -0.05) is 6.07 Å². The van der Waals surface area contributed by atoms with Gasteiger partial charge in [0.1, 0.15) is 6.04 Å². The van der Waals surface area contributed by atoms with Gasteiger partial charge in [0.15, 0.2) is 0 Å². The highest BCUT2D eigenvalue weighted by Gasteiger charge is 2.34.